The molecule has 0 aliphatic rings. The molecule has 0 atom stereocenters. The first-order chi connectivity index (χ1) is 14.2. The first-order valence-electron chi connectivity index (χ1n) is 10.1. The minimum Gasteiger partial charge on any atom is -0.424 e. The van der Waals surface area contributed by atoms with Crippen LogP contribution in [0, 0.1) is 0 Å². The zero-order chi connectivity index (χ0) is 20.7. The molecule has 29 heavy (non-hydrogen) atoms. The summed E-state index contributed by atoms with van der Waals surface area (Å²) in [4.78, 5) is 13.2. The van der Waals surface area contributed by atoms with Gasteiger partial charge in [0.05, 0.1) is 26.4 Å². The highest BCUT2D eigenvalue weighted by molar-refractivity contribution is 5.37. The predicted octanol–water partition coefficient (Wildman–Crippen LogP) is 2.67. The molecule has 0 radical (unpaired) electrons. The number of benzene rings is 1. The Morgan fingerprint density at radius 2 is 1.59 bits per heavy atom. The number of aromatic nitrogens is 3. The van der Waals surface area contributed by atoms with Crippen molar-refractivity contribution in [3.63, 3.8) is 0 Å². The lowest BCUT2D eigenvalue weighted by Crippen LogP contribution is -2.20. The van der Waals surface area contributed by atoms with Crippen LogP contribution in [0.3, 0.4) is 0 Å². The molecule has 2 aromatic rings. The van der Waals surface area contributed by atoms with E-state index in [0.29, 0.717) is 57.2 Å². The third kappa shape index (κ3) is 9.03. The molecule has 0 saturated heterocycles. The fourth-order valence-electron chi connectivity index (χ4n) is 2.46. The lowest BCUT2D eigenvalue weighted by Gasteiger charge is -2.16. The number of hydrogen-bond acceptors (Lipinski definition) is 9. The molecule has 0 saturated carbocycles. The van der Waals surface area contributed by atoms with Crippen molar-refractivity contribution in [3.05, 3.63) is 30.3 Å². The molecule has 0 fully saturated rings. The minimum atomic E-state index is 0.234. The summed E-state index contributed by atoms with van der Waals surface area (Å²) in [5.41, 5.74) is 5.37. The third-order valence-electron chi connectivity index (χ3n) is 4.05. The summed E-state index contributed by atoms with van der Waals surface area (Å²) in [6.45, 7) is 7.40. The van der Waals surface area contributed by atoms with E-state index >= 15 is 0 Å². The fraction of sp³-hybridized carbons (Fsp3) is 0.550. The summed E-state index contributed by atoms with van der Waals surface area (Å²) in [6.07, 6.45) is 1.94. The molecular weight excluding hydrogens is 372 g/mol. The van der Waals surface area contributed by atoms with E-state index in [1.54, 1.807) is 0 Å². The van der Waals surface area contributed by atoms with Gasteiger partial charge in [0.1, 0.15) is 5.75 Å². The van der Waals surface area contributed by atoms with Gasteiger partial charge in [0.2, 0.25) is 11.9 Å². The molecular formula is C20H32N6O3. The van der Waals surface area contributed by atoms with E-state index < -0.39 is 0 Å². The van der Waals surface area contributed by atoms with Crippen LogP contribution in [0.4, 0.5) is 11.9 Å². The Labute approximate surface area is 172 Å². The van der Waals surface area contributed by atoms with Crippen molar-refractivity contribution in [2.45, 2.75) is 32.7 Å². The fourth-order valence-corrected chi connectivity index (χ4v) is 2.46. The molecule has 4 N–H and O–H groups in total. The molecule has 1 aromatic heterocycles. The molecule has 2 rings (SSSR count). The highest BCUT2D eigenvalue weighted by Gasteiger charge is 2.11. The molecule has 160 valence electrons. The van der Waals surface area contributed by atoms with E-state index in [2.05, 4.69) is 39.4 Å². The van der Waals surface area contributed by atoms with Crippen LogP contribution in [0.25, 0.3) is 0 Å². The van der Waals surface area contributed by atoms with Crippen molar-refractivity contribution in [2.24, 2.45) is 5.73 Å². The number of hydrogen-bond donors (Lipinski definition) is 3. The number of rotatable bonds is 15. The van der Waals surface area contributed by atoms with E-state index in [4.69, 9.17) is 19.9 Å². The van der Waals surface area contributed by atoms with Crippen molar-refractivity contribution in [2.75, 3.05) is 50.2 Å². The Kier molecular flexibility index (Phi) is 10.7. The van der Waals surface area contributed by atoms with Crippen molar-refractivity contribution in [3.8, 4) is 11.8 Å². The maximum absolute atomic E-state index is 5.79. The summed E-state index contributed by atoms with van der Waals surface area (Å²) in [7, 11) is 0. The maximum atomic E-state index is 5.79. The number of nitrogens with zero attached hydrogens (tertiary/aromatic N) is 3. The number of ether oxygens (including phenoxy) is 3. The van der Waals surface area contributed by atoms with E-state index in [0.717, 1.165) is 12.8 Å². The number of nitrogens with one attached hydrogen (secondary N) is 2. The molecule has 0 aliphatic carbocycles. The topological polar surface area (TPSA) is 116 Å². The van der Waals surface area contributed by atoms with Gasteiger partial charge in [-0.25, -0.2) is 0 Å². The van der Waals surface area contributed by atoms with Gasteiger partial charge in [-0.15, -0.1) is 0 Å². The van der Waals surface area contributed by atoms with Crippen molar-refractivity contribution in [1.82, 2.24) is 15.0 Å². The summed E-state index contributed by atoms with van der Waals surface area (Å²) in [5.74, 6) is 1.58. The Morgan fingerprint density at radius 1 is 0.897 bits per heavy atom. The monoisotopic (exact) mass is 404 g/mol. The Morgan fingerprint density at radius 3 is 2.28 bits per heavy atom. The van der Waals surface area contributed by atoms with E-state index in [1.807, 2.05) is 30.3 Å². The second-order valence-corrected chi connectivity index (χ2v) is 6.28. The maximum Gasteiger partial charge on any atom is 0.328 e. The average Bonchev–Trinajstić information content (AvgIpc) is 2.74. The van der Waals surface area contributed by atoms with Crippen LogP contribution < -0.4 is 21.1 Å². The molecule has 9 heteroatoms. The summed E-state index contributed by atoms with van der Waals surface area (Å²) < 4.78 is 16.6. The van der Waals surface area contributed by atoms with Gasteiger partial charge in [-0.05, 0) is 25.0 Å². The Hall–Kier alpha value is -2.49. The molecule has 0 bridgehead atoms. The van der Waals surface area contributed by atoms with Gasteiger partial charge in [0.15, 0.2) is 0 Å². The first-order valence-corrected chi connectivity index (χ1v) is 10.1. The van der Waals surface area contributed by atoms with Crippen molar-refractivity contribution < 1.29 is 14.2 Å². The SMILES string of the molecule is CCC(CC)Nc1nc(NCCOCCOCCN)nc(Oc2ccccc2)n1. The molecule has 0 aliphatic heterocycles. The van der Waals surface area contributed by atoms with Crippen LogP contribution >= 0.6 is 0 Å². The largest absolute Gasteiger partial charge is 0.424 e. The zero-order valence-corrected chi connectivity index (χ0v) is 17.3. The molecule has 0 amide bonds. The summed E-state index contributed by atoms with van der Waals surface area (Å²) in [6, 6.07) is 9.94. The van der Waals surface area contributed by atoms with E-state index in [-0.39, 0.29) is 12.1 Å². The summed E-state index contributed by atoms with van der Waals surface area (Å²) in [5, 5.41) is 6.49. The Balaban J connectivity index is 1.94. The predicted molar refractivity (Wildman–Crippen MR) is 114 cm³/mol. The lowest BCUT2D eigenvalue weighted by molar-refractivity contribution is 0.0547. The smallest absolute Gasteiger partial charge is 0.328 e. The van der Waals surface area contributed by atoms with Crippen LogP contribution in [0.1, 0.15) is 26.7 Å². The number of para-hydroxylation sites is 1. The van der Waals surface area contributed by atoms with Gasteiger partial charge in [-0.3, -0.25) is 0 Å². The van der Waals surface area contributed by atoms with Gasteiger partial charge in [0, 0.05) is 19.1 Å². The highest BCUT2D eigenvalue weighted by Crippen LogP contribution is 2.20. The quantitative estimate of drug-likeness (QED) is 0.385. The normalized spacial score (nSPS) is 10.9. The molecule has 0 unspecified atom stereocenters. The summed E-state index contributed by atoms with van der Waals surface area (Å²) >= 11 is 0. The second kappa shape index (κ2) is 13.6. The second-order valence-electron chi connectivity index (χ2n) is 6.28. The molecule has 0 spiro atoms. The highest BCUT2D eigenvalue weighted by atomic mass is 16.5. The van der Waals surface area contributed by atoms with Gasteiger partial charge >= 0.3 is 6.01 Å². The zero-order valence-electron chi connectivity index (χ0n) is 17.3. The van der Waals surface area contributed by atoms with Crippen LogP contribution in [0.5, 0.6) is 11.8 Å². The van der Waals surface area contributed by atoms with Gasteiger partial charge < -0.3 is 30.6 Å². The average molecular weight is 405 g/mol. The number of nitrogens with two attached hydrogens (primary N) is 1. The van der Waals surface area contributed by atoms with Crippen molar-refractivity contribution in [1.29, 1.82) is 0 Å². The van der Waals surface area contributed by atoms with Crippen LogP contribution in [0.2, 0.25) is 0 Å². The molecule has 1 heterocycles. The van der Waals surface area contributed by atoms with E-state index in [9.17, 15) is 0 Å². The molecule has 1 aromatic carbocycles. The van der Waals surface area contributed by atoms with Crippen LogP contribution in [-0.4, -0.2) is 60.5 Å². The van der Waals surface area contributed by atoms with Crippen LogP contribution in [-0.2, 0) is 9.47 Å². The standard InChI is InChI=1S/C20H32N6O3/c1-3-16(4-2)23-19-24-18(22-11-13-28-15-14-27-12-10-21)25-20(26-19)29-17-8-6-5-7-9-17/h5-9,16H,3-4,10-15,21H2,1-2H3,(H2,22,23,24,25,26). The van der Waals surface area contributed by atoms with Crippen molar-refractivity contribution >= 4 is 11.9 Å². The van der Waals surface area contributed by atoms with Gasteiger partial charge in [-0.1, -0.05) is 32.0 Å². The number of anilines is 2. The van der Waals surface area contributed by atoms with Gasteiger partial charge in [-0.2, -0.15) is 15.0 Å². The van der Waals surface area contributed by atoms with E-state index in [1.165, 1.54) is 0 Å². The van der Waals surface area contributed by atoms with Crippen LogP contribution in [0.15, 0.2) is 30.3 Å². The third-order valence-corrected chi connectivity index (χ3v) is 4.05. The lowest BCUT2D eigenvalue weighted by atomic mass is 10.2. The Bertz CT molecular complexity index is 685. The minimum absolute atomic E-state index is 0.234. The molecule has 9 nitrogen and oxygen atoms in total. The first kappa shape index (κ1) is 22.8. The van der Waals surface area contributed by atoms with Gasteiger partial charge in [0.25, 0.3) is 0 Å².